The summed E-state index contributed by atoms with van der Waals surface area (Å²) in [7, 11) is 0. The number of alkyl halides is 1. The number of halogens is 1. The molecular formula is C29H31ClO4. The van der Waals surface area contributed by atoms with Crippen molar-refractivity contribution in [2.75, 3.05) is 0 Å². The Morgan fingerprint density at radius 3 is 1.82 bits per heavy atom. The van der Waals surface area contributed by atoms with Crippen molar-refractivity contribution >= 4 is 23.5 Å². The minimum absolute atomic E-state index is 0.316. The zero-order chi connectivity index (χ0) is 24.5. The van der Waals surface area contributed by atoms with Crippen molar-refractivity contribution in [3.8, 4) is 22.6 Å². The van der Waals surface area contributed by atoms with Crippen LogP contribution in [0.25, 0.3) is 11.1 Å². The molecule has 0 fully saturated rings. The molecule has 0 aromatic heterocycles. The third-order valence-electron chi connectivity index (χ3n) is 5.41. The summed E-state index contributed by atoms with van der Waals surface area (Å²) in [5.74, 6) is 0.429. The van der Waals surface area contributed by atoms with Crippen molar-refractivity contribution in [3.05, 3.63) is 83.9 Å². The van der Waals surface area contributed by atoms with Crippen molar-refractivity contribution < 1.29 is 19.1 Å². The molecule has 0 radical (unpaired) electrons. The first-order chi connectivity index (χ1) is 16.4. The average Bonchev–Trinajstić information content (AvgIpc) is 2.83. The number of ether oxygens (including phenoxy) is 2. The maximum absolute atomic E-state index is 12.5. The Morgan fingerprint density at radius 1 is 0.794 bits per heavy atom. The molecule has 0 spiro atoms. The molecule has 178 valence electrons. The molecule has 0 amide bonds. The Hall–Kier alpha value is -3.11. The highest BCUT2D eigenvalue weighted by molar-refractivity contribution is 6.30. The van der Waals surface area contributed by atoms with Gasteiger partial charge in [0.25, 0.3) is 0 Å². The van der Waals surface area contributed by atoms with Crippen LogP contribution < -0.4 is 9.47 Å². The van der Waals surface area contributed by atoms with Gasteiger partial charge in [0.2, 0.25) is 0 Å². The molecule has 3 aromatic rings. The largest absolute Gasteiger partial charge is 0.425 e. The van der Waals surface area contributed by atoms with Gasteiger partial charge in [0.15, 0.2) is 0 Å². The van der Waals surface area contributed by atoms with Gasteiger partial charge >= 0.3 is 11.9 Å². The van der Waals surface area contributed by atoms with Crippen LogP contribution in [-0.2, 0) is 11.2 Å². The molecule has 3 aromatic carbocycles. The molecule has 0 aliphatic rings. The van der Waals surface area contributed by atoms with Crippen LogP contribution in [0.3, 0.4) is 0 Å². The molecule has 34 heavy (non-hydrogen) atoms. The molecule has 4 nitrogen and oxygen atoms in total. The van der Waals surface area contributed by atoms with Gasteiger partial charge in [-0.15, -0.1) is 11.6 Å². The lowest BCUT2D eigenvalue weighted by Gasteiger charge is -2.12. The molecule has 0 heterocycles. The number of esters is 2. The Balaban J connectivity index is 1.57. The summed E-state index contributed by atoms with van der Waals surface area (Å²) in [6.07, 6.45) is 3.86. The van der Waals surface area contributed by atoms with Gasteiger partial charge in [0.05, 0.1) is 5.56 Å². The Bertz CT molecular complexity index is 1070. The minimum atomic E-state index is -0.658. The highest BCUT2D eigenvalue weighted by Crippen LogP contribution is 2.26. The van der Waals surface area contributed by atoms with Crippen LogP contribution in [0.1, 0.15) is 56.0 Å². The molecular weight excluding hydrogens is 448 g/mol. The van der Waals surface area contributed by atoms with Crippen LogP contribution in [0.2, 0.25) is 0 Å². The second-order valence-corrected chi connectivity index (χ2v) is 9.28. The van der Waals surface area contributed by atoms with Gasteiger partial charge in [-0.05, 0) is 78.3 Å². The summed E-state index contributed by atoms with van der Waals surface area (Å²) in [4.78, 5) is 24.5. The molecule has 0 aliphatic carbocycles. The second-order valence-electron chi connectivity index (χ2n) is 8.76. The number of hydrogen-bond donors (Lipinski definition) is 0. The number of carbonyl (C=O) groups excluding carboxylic acids is 2. The summed E-state index contributed by atoms with van der Waals surface area (Å²) in [5.41, 5.74) is 3.65. The van der Waals surface area contributed by atoms with Crippen LogP contribution in [0, 0.1) is 5.92 Å². The van der Waals surface area contributed by atoms with Gasteiger partial charge in [0.1, 0.15) is 16.9 Å². The highest BCUT2D eigenvalue weighted by Gasteiger charge is 2.19. The number of carbonyl (C=O) groups is 2. The second kappa shape index (κ2) is 12.4. The molecule has 3 rings (SSSR count). The van der Waals surface area contributed by atoms with E-state index in [-0.39, 0.29) is 5.97 Å². The monoisotopic (exact) mass is 478 g/mol. The number of hydrogen-bond acceptors (Lipinski definition) is 4. The van der Waals surface area contributed by atoms with Gasteiger partial charge in [-0.25, -0.2) is 4.79 Å². The molecule has 0 unspecified atom stereocenters. The van der Waals surface area contributed by atoms with E-state index in [9.17, 15) is 9.59 Å². The van der Waals surface area contributed by atoms with Gasteiger partial charge in [0, 0.05) is 0 Å². The fourth-order valence-electron chi connectivity index (χ4n) is 3.48. The maximum atomic E-state index is 12.5. The molecule has 0 aliphatic heterocycles. The van der Waals surface area contributed by atoms with Crippen LogP contribution >= 0.6 is 11.6 Å². The first-order valence-corrected chi connectivity index (χ1v) is 12.2. The van der Waals surface area contributed by atoms with Crippen LogP contribution in [0.4, 0.5) is 0 Å². The van der Waals surface area contributed by atoms with Crippen LogP contribution in [0.15, 0.2) is 72.8 Å². The molecule has 0 bridgehead atoms. The minimum Gasteiger partial charge on any atom is -0.425 e. The lowest BCUT2D eigenvalue weighted by atomic mass is 10.1. The van der Waals surface area contributed by atoms with E-state index in [0.717, 1.165) is 30.4 Å². The third kappa shape index (κ3) is 7.46. The van der Waals surface area contributed by atoms with Crippen molar-refractivity contribution in [1.29, 1.82) is 0 Å². The highest BCUT2D eigenvalue weighted by atomic mass is 35.5. The Labute approximate surface area is 206 Å². The lowest BCUT2D eigenvalue weighted by Crippen LogP contribution is -2.22. The fraction of sp³-hybridized carbons (Fsp3) is 0.310. The molecule has 5 heteroatoms. The Kier molecular flexibility index (Phi) is 9.29. The first kappa shape index (κ1) is 25.5. The zero-order valence-corrected chi connectivity index (χ0v) is 20.7. The summed E-state index contributed by atoms with van der Waals surface area (Å²) in [6.45, 7) is 6.18. The van der Waals surface area contributed by atoms with E-state index in [2.05, 4.69) is 6.92 Å². The van der Waals surface area contributed by atoms with E-state index in [1.54, 1.807) is 24.3 Å². The van der Waals surface area contributed by atoms with Crippen molar-refractivity contribution in [2.24, 2.45) is 5.92 Å². The van der Waals surface area contributed by atoms with Crippen LogP contribution in [-0.4, -0.2) is 17.3 Å². The summed E-state index contributed by atoms with van der Waals surface area (Å²) < 4.78 is 10.9. The van der Waals surface area contributed by atoms with E-state index < -0.39 is 11.3 Å². The topological polar surface area (TPSA) is 52.6 Å². The first-order valence-electron chi connectivity index (χ1n) is 11.7. The van der Waals surface area contributed by atoms with Crippen LogP contribution in [0.5, 0.6) is 11.5 Å². The summed E-state index contributed by atoms with van der Waals surface area (Å²) in [6, 6.07) is 22.1. The molecule has 0 N–H and O–H groups in total. The smallest absolute Gasteiger partial charge is 0.343 e. The molecule has 0 saturated heterocycles. The number of rotatable bonds is 10. The summed E-state index contributed by atoms with van der Waals surface area (Å²) >= 11 is 6.11. The molecule has 1 atom stereocenters. The number of aryl methyl sites for hydroxylation is 1. The lowest BCUT2D eigenvalue weighted by molar-refractivity contribution is -0.134. The van der Waals surface area contributed by atoms with E-state index in [1.165, 1.54) is 5.56 Å². The quantitative estimate of drug-likeness (QED) is 0.172. The van der Waals surface area contributed by atoms with Crippen molar-refractivity contribution in [1.82, 2.24) is 0 Å². The predicted octanol–water partition coefficient (Wildman–Crippen LogP) is 7.47. The number of benzene rings is 3. The summed E-state index contributed by atoms with van der Waals surface area (Å²) in [5, 5.41) is -0.658. The third-order valence-corrected chi connectivity index (χ3v) is 5.77. The van der Waals surface area contributed by atoms with Gasteiger partial charge in [-0.3, -0.25) is 4.79 Å². The van der Waals surface area contributed by atoms with Crippen molar-refractivity contribution in [3.63, 3.8) is 0 Å². The fourth-order valence-corrected chi connectivity index (χ4v) is 3.88. The SMILES string of the molecule is CCCCc1ccc(C(=O)Oc2ccc(-c3ccc(OC(=O)[C@@H](Cl)CC(C)C)cc3)cc2)cc1. The van der Waals surface area contributed by atoms with E-state index >= 15 is 0 Å². The maximum Gasteiger partial charge on any atom is 0.343 e. The standard InChI is InChI=1S/C29H31ClO4/c1-4-5-6-21-7-9-24(10-8-21)28(31)33-25-15-11-22(12-16-25)23-13-17-26(18-14-23)34-29(32)27(30)19-20(2)3/h7-18,20,27H,4-6,19H2,1-3H3/t27-/m0/s1. The normalized spacial score (nSPS) is 11.8. The zero-order valence-electron chi connectivity index (χ0n) is 19.9. The number of unbranched alkanes of at least 4 members (excludes halogenated alkanes) is 1. The van der Waals surface area contributed by atoms with Crippen molar-refractivity contribution in [2.45, 2.75) is 51.8 Å². The van der Waals surface area contributed by atoms with Gasteiger partial charge in [-0.2, -0.15) is 0 Å². The van der Waals surface area contributed by atoms with E-state index in [1.807, 2.05) is 62.4 Å². The Morgan fingerprint density at radius 2 is 1.32 bits per heavy atom. The van der Waals surface area contributed by atoms with E-state index in [4.69, 9.17) is 21.1 Å². The van der Waals surface area contributed by atoms with Gasteiger partial charge in [-0.1, -0.05) is 63.6 Å². The predicted molar refractivity (Wildman–Crippen MR) is 137 cm³/mol. The van der Waals surface area contributed by atoms with E-state index in [0.29, 0.717) is 29.4 Å². The molecule has 0 saturated carbocycles. The average molecular weight is 479 g/mol. The van der Waals surface area contributed by atoms with Gasteiger partial charge < -0.3 is 9.47 Å².